The molecule has 0 atom stereocenters. The number of ketones is 1. The minimum atomic E-state index is -0.287. The highest BCUT2D eigenvalue weighted by Gasteiger charge is 2.36. The number of pyridine rings is 1. The van der Waals surface area contributed by atoms with E-state index in [2.05, 4.69) is 32.8 Å². The topological polar surface area (TPSA) is 74.8 Å². The first-order chi connectivity index (χ1) is 14.1. The molecule has 0 radical (unpaired) electrons. The van der Waals surface area contributed by atoms with Crippen molar-refractivity contribution in [3.05, 3.63) is 36.3 Å². The van der Waals surface area contributed by atoms with Crippen molar-refractivity contribution in [3.63, 3.8) is 0 Å². The van der Waals surface area contributed by atoms with Gasteiger partial charge in [-0.1, -0.05) is 26.2 Å². The molecule has 2 aliphatic rings. The Balaban J connectivity index is 1.51. The van der Waals surface area contributed by atoms with E-state index in [1.165, 1.54) is 19.3 Å². The molecule has 1 saturated carbocycles. The second kappa shape index (κ2) is 7.25. The third-order valence-electron chi connectivity index (χ3n) is 6.60. The highest BCUT2D eigenvalue weighted by Crippen LogP contribution is 2.39. The molecule has 0 aromatic carbocycles. The fraction of sp³-hybridized carbons (Fsp3) is 0.478. The number of H-pyrrole nitrogens is 1. The smallest absolute Gasteiger partial charge is 0.172 e. The van der Waals surface area contributed by atoms with Crippen LogP contribution in [0.2, 0.25) is 0 Å². The summed E-state index contributed by atoms with van der Waals surface area (Å²) in [7, 11) is 0. The second-order valence-electron chi connectivity index (χ2n) is 8.70. The van der Waals surface area contributed by atoms with Crippen molar-refractivity contribution in [2.45, 2.75) is 51.9 Å². The fourth-order valence-corrected chi connectivity index (χ4v) is 4.78. The van der Waals surface area contributed by atoms with E-state index in [0.29, 0.717) is 16.7 Å². The second-order valence-corrected chi connectivity index (χ2v) is 8.70. The van der Waals surface area contributed by atoms with E-state index in [1.807, 2.05) is 12.3 Å². The summed E-state index contributed by atoms with van der Waals surface area (Å²) < 4.78 is 0. The zero-order valence-corrected chi connectivity index (χ0v) is 16.9. The van der Waals surface area contributed by atoms with Crippen LogP contribution in [0.25, 0.3) is 22.4 Å². The highest BCUT2D eigenvalue weighted by molar-refractivity contribution is 6.08. The van der Waals surface area contributed by atoms with E-state index in [0.717, 1.165) is 55.8 Å². The number of carbonyl (C=O) groups excluding carboxylic acids is 1. The normalized spacial score (nSPS) is 19.0. The molecule has 1 aliphatic carbocycles. The summed E-state index contributed by atoms with van der Waals surface area (Å²) in [5.74, 6) is 1.18. The minimum absolute atomic E-state index is 0.197. The van der Waals surface area contributed by atoms with Gasteiger partial charge < -0.3 is 9.88 Å². The Bertz CT molecular complexity index is 1040. The number of carbonyl (C=O) groups is 1. The molecule has 3 aromatic rings. The van der Waals surface area contributed by atoms with Crippen molar-refractivity contribution in [2.75, 3.05) is 18.0 Å². The summed E-state index contributed by atoms with van der Waals surface area (Å²) in [5, 5.41) is 0. The maximum Gasteiger partial charge on any atom is 0.172 e. The van der Waals surface area contributed by atoms with Crippen LogP contribution in [0.1, 0.15) is 62.2 Å². The van der Waals surface area contributed by atoms with E-state index < -0.39 is 0 Å². The van der Waals surface area contributed by atoms with Crippen LogP contribution in [0, 0.1) is 5.41 Å². The zero-order valence-electron chi connectivity index (χ0n) is 16.9. The van der Waals surface area contributed by atoms with Gasteiger partial charge in [-0.3, -0.25) is 4.79 Å². The lowest BCUT2D eigenvalue weighted by Gasteiger charge is -2.31. The van der Waals surface area contributed by atoms with Gasteiger partial charge in [-0.15, -0.1) is 0 Å². The van der Waals surface area contributed by atoms with Gasteiger partial charge in [0.25, 0.3) is 0 Å². The number of anilines is 1. The Morgan fingerprint density at radius 2 is 1.90 bits per heavy atom. The van der Waals surface area contributed by atoms with Crippen LogP contribution >= 0.6 is 0 Å². The molecule has 150 valence electrons. The van der Waals surface area contributed by atoms with Crippen LogP contribution in [-0.2, 0) is 0 Å². The van der Waals surface area contributed by atoms with Gasteiger partial charge >= 0.3 is 0 Å². The van der Waals surface area contributed by atoms with Gasteiger partial charge in [-0.25, -0.2) is 15.0 Å². The number of nitrogens with one attached hydrogen (secondary N) is 1. The van der Waals surface area contributed by atoms with Gasteiger partial charge in [-0.2, -0.15) is 0 Å². The molecule has 29 heavy (non-hydrogen) atoms. The first-order valence-electron chi connectivity index (χ1n) is 10.7. The van der Waals surface area contributed by atoms with Crippen LogP contribution in [0.15, 0.2) is 30.7 Å². The zero-order chi connectivity index (χ0) is 19.8. The van der Waals surface area contributed by atoms with Crippen LogP contribution in [0.5, 0.6) is 0 Å². The molecule has 6 nitrogen and oxygen atoms in total. The number of fused-ring (bicyclic) bond motifs is 1. The lowest BCUT2D eigenvalue weighted by Crippen LogP contribution is -2.30. The average molecular weight is 390 g/mol. The molecule has 1 aliphatic heterocycles. The standard InChI is InChI=1S/C23H27N5O/c1-23(8-3-2-4-9-23)21(29)17-14-25-22-20(17)27-18(15-26-22)16-7-10-24-19(13-16)28-11-5-6-12-28/h7,10,13-15H,2-6,8-9,11-12H2,1H3,(H,25,26). The van der Waals surface area contributed by atoms with Crippen LogP contribution in [-0.4, -0.2) is 38.8 Å². The molecule has 2 fully saturated rings. The van der Waals surface area contributed by atoms with Crippen LogP contribution in [0.3, 0.4) is 0 Å². The fourth-order valence-electron chi connectivity index (χ4n) is 4.78. The first-order valence-corrected chi connectivity index (χ1v) is 10.7. The first kappa shape index (κ1) is 18.3. The minimum Gasteiger partial charge on any atom is -0.357 e. The maximum absolute atomic E-state index is 13.4. The van der Waals surface area contributed by atoms with Gasteiger partial charge in [0.15, 0.2) is 11.4 Å². The summed E-state index contributed by atoms with van der Waals surface area (Å²) in [6.07, 6.45) is 13.2. The SMILES string of the molecule is CC1(C(=O)c2c[nH]c3ncc(-c4ccnc(N5CCCC5)c4)nc23)CCCCC1. The third kappa shape index (κ3) is 3.30. The third-order valence-corrected chi connectivity index (χ3v) is 6.60. The highest BCUT2D eigenvalue weighted by atomic mass is 16.1. The molecule has 0 spiro atoms. The van der Waals surface area contributed by atoms with Crippen LogP contribution < -0.4 is 4.90 Å². The summed E-state index contributed by atoms with van der Waals surface area (Å²) in [4.78, 5) is 32.8. The molecule has 3 aromatic heterocycles. The summed E-state index contributed by atoms with van der Waals surface area (Å²) in [6, 6.07) is 4.05. The molecular formula is C23H27N5O. The Hall–Kier alpha value is -2.76. The molecule has 0 bridgehead atoms. The van der Waals surface area contributed by atoms with Gasteiger partial charge in [0, 0.05) is 36.5 Å². The molecular weight excluding hydrogens is 362 g/mol. The summed E-state index contributed by atoms with van der Waals surface area (Å²) in [5.41, 5.74) is 3.50. The van der Waals surface area contributed by atoms with Crippen LogP contribution in [0.4, 0.5) is 5.82 Å². The predicted octanol–water partition coefficient (Wildman–Crippen LogP) is 4.77. The Morgan fingerprint density at radius 3 is 2.69 bits per heavy atom. The molecule has 5 rings (SSSR count). The predicted molar refractivity (Wildman–Crippen MR) is 114 cm³/mol. The monoisotopic (exact) mass is 389 g/mol. The average Bonchev–Trinajstić information content (AvgIpc) is 3.43. The van der Waals surface area contributed by atoms with Gasteiger partial charge in [0.1, 0.15) is 11.3 Å². The Labute approximate surface area is 170 Å². The van der Waals surface area contributed by atoms with E-state index in [4.69, 9.17) is 4.98 Å². The van der Waals surface area contributed by atoms with E-state index in [1.54, 1.807) is 12.4 Å². The van der Waals surface area contributed by atoms with Crippen molar-refractivity contribution < 1.29 is 4.79 Å². The summed E-state index contributed by atoms with van der Waals surface area (Å²) >= 11 is 0. The van der Waals surface area contributed by atoms with Crippen molar-refractivity contribution in [3.8, 4) is 11.3 Å². The number of rotatable bonds is 4. The number of nitrogens with zero attached hydrogens (tertiary/aromatic N) is 4. The van der Waals surface area contributed by atoms with Crippen molar-refractivity contribution in [2.24, 2.45) is 5.41 Å². The number of hydrogen-bond donors (Lipinski definition) is 1. The molecule has 0 unspecified atom stereocenters. The molecule has 1 saturated heterocycles. The summed E-state index contributed by atoms with van der Waals surface area (Å²) in [6.45, 7) is 4.21. The van der Waals surface area contributed by atoms with Crippen molar-refractivity contribution >= 4 is 22.8 Å². The number of aromatic amines is 1. The number of hydrogen-bond acceptors (Lipinski definition) is 5. The Kier molecular flexibility index (Phi) is 4.57. The van der Waals surface area contributed by atoms with E-state index >= 15 is 0 Å². The van der Waals surface area contributed by atoms with Gasteiger partial charge in [0.2, 0.25) is 0 Å². The van der Waals surface area contributed by atoms with Gasteiger partial charge in [0.05, 0.1) is 17.5 Å². The van der Waals surface area contributed by atoms with E-state index in [9.17, 15) is 4.79 Å². The van der Waals surface area contributed by atoms with Gasteiger partial charge in [-0.05, 0) is 37.8 Å². The Morgan fingerprint density at radius 1 is 1.10 bits per heavy atom. The quantitative estimate of drug-likeness (QED) is 0.650. The van der Waals surface area contributed by atoms with Crippen molar-refractivity contribution in [1.82, 2.24) is 19.9 Å². The molecule has 0 amide bonds. The maximum atomic E-state index is 13.4. The van der Waals surface area contributed by atoms with Crippen molar-refractivity contribution in [1.29, 1.82) is 0 Å². The number of Topliss-reactive ketones (excluding diaryl/α,β-unsaturated/α-hetero) is 1. The lowest BCUT2D eigenvalue weighted by atomic mass is 9.71. The molecule has 4 heterocycles. The molecule has 1 N–H and O–H groups in total. The number of aromatic nitrogens is 4. The molecule has 6 heteroatoms. The largest absolute Gasteiger partial charge is 0.357 e. The van der Waals surface area contributed by atoms with E-state index in [-0.39, 0.29) is 11.2 Å². The lowest BCUT2D eigenvalue weighted by molar-refractivity contribution is 0.0751.